The molecule has 22 heavy (non-hydrogen) atoms. The zero-order valence-electron chi connectivity index (χ0n) is 12.4. The molecule has 0 bridgehead atoms. The van der Waals surface area contributed by atoms with Gasteiger partial charge in [-0.1, -0.05) is 12.1 Å². The average molecular weight is 367 g/mol. The molecule has 4 rings (SSSR count). The van der Waals surface area contributed by atoms with Crippen LogP contribution >= 0.6 is 0 Å². The van der Waals surface area contributed by atoms with Gasteiger partial charge in [-0.25, -0.2) is 0 Å². The van der Waals surface area contributed by atoms with Gasteiger partial charge in [0.25, 0.3) is 0 Å². The summed E-state index contributed by atoms with van der Waals surface area (Å²) in [6, 6.07) is 29.3. The largest absolute Gasteiger partial charge is 3.00 e. The number of fused-ring (bicyclic) bond motifs is 2. The fraction of sp³-hybridized carbons (Fsp3) is 0. The Kier molecular flexibility index (Phi) is 10.0. The van der Waals surface area contributed by atoms with Crippen molar-refractivity contribution >= 4 is 21.5 Å². The first kappa shape index (κ1) is 20.2. The zero-order chi connectivity index (χ0) is 14.2. The molecule has 109 valence electrons. The predicted molar refractivity (Wildman–Crippen MR) is 92.3 cm³/mol. The standard InChI is InChI=1S/2C9H7.C2H4.H2O.Zr/c2*1-2-5-9-7-3-6-8(9)4-1;1-2;;/h2*1-7H;1-2H2;1H2;/q2*-1;;;+3/p-1. The van der Waals surface area contributed by atoms with Crippen LogP contribution in [0.2, 0.25) is 0 Å². The second-order valence-electron chi connectivity index (χ2n) is 4.31. The molecule has 0 atom stereocenters. The van der Waals surface area contributed by atoms with Crippen molar-refractivity contribution in [2.75, 3.05) is 0 Å². The molecule has 0 aliphatic rings. The van der Waals surface area contributed by atoms with Crippen molar-refractivity contribution in [1.82, 2.24) is 0 Å². The molecule has 0 aliphatic carbocycles. The first-order valence-corrected chi connectivity index (χ1v) is 6.64. The fourth-order valence-electron chi connectivity index (χ4n) is 2.14. The molecule has 0 fully saturated rings. The summed E-state index contributed by atoms with van der Waals surface area (Å²) in [4.78, 5) is 0. The second-order valence-corrected chi connectivity index (χ2v) is 4.31. The van der Waals surface area contributed by atoms with Crippen LogP contribution in [0.5, 0.6) is 0 Å². The van der Waals surface area contributed by atoms with Gasteiger partial charge in [0, 0.05) is 0 Å². The van der Waals surface area contributed by atoms with Gasteiger partial charge in [0.05, 0.1) is 0 Å². The Labute approximate surface area is 151 Å². The van der Waals surface area contributed by atoms with Crippen LogP contribution in [0.25, 0.3) is 21.5 Å². The summed E-state index contributed by atoms with van der Waals surface area (Å²) < 4.78 is 0. The van der Waals surface area contributed by atoms with Crippen LogP contribution in [0.15, 0.2) is 98.1 Å². The van der Waals surface area contributed by atoms with Gasteiger partial charge in [-0.3, -0.25) is 0 Å². The number of benzene rings is 2. The molecule has 1 N–H and O–H groups in total. The SMILES string of the molecule is C=C.[OH-].[Zr+3].c1ccc2[cH-]ccc2c1.c1ccc2[cH-]ccc2c1. The van der Waals surface area contributed by atoms with Gasteiger partial charge in [0.15, 0.2) is 0 Å². The minimum atomic E-state index is 0. The van der Waals surface area contributed by atoms with Crippen LogP contribution in [-0.2, 0) is 26.2 Å². The normalized spacial score (nSPS) is 8.55. The molecular formula is C20H19OZr. The quantitative estimate of drug-likeness (QED) is 0.288. The predicted octanol–water partition coefficient (Wildman–Crippen LogP) is 5.74. The van der Waals surface area contributed by atoms with Crippen molar-refractivity contribution in [2.24, 2.45) is 0 Å². The summed E-state index contributed by atoms with van der Waals surface area (Å²) in [5, 5.41) is 5.32. The van der Waals surface area contributed by atoms with Crippen LogP contribution < -0.4 is 0 Å². The van der Waals surface area contributed by atoms with E-state index in [9.17, 15) is 0 Å². The summed E-state index contributed by atoms with van der Waals surface area (Å²) in [6.45, 7) is 6.00. The number of rotatable bonds is 0. The van der Waals surface area contributed by atoms with E-state index in [1.54, 1.807) is 0 Å². The summed E-state index contributed by atoms with van der Waals surface area (Å²) in [6.07, 6.45) is 0. The minimum absolute atomic E-state index is 0. The maximum Gasteiger partial charge on any atom is 3.00 e. The third-order valence-electron chi connectivity index (χ3n) is 3.10. The van der Waals surface area contributed by atoms with Crippen molar-refractivity contribution in [1.29, 1.82) is 0 Å². The van der Waals surface area contributed by atoms with E-state index >= 15 is 0 Å². The van der Waals surface area contributed by atoms with Crippen molar-refractivity contribution < 1.29 is 31.7 Å². The number of hydrogen-bond donors (Lipinski definition) is 0. The Hall–Kier alpha value is -1.76. The third kappa shape index (κ3) is 5.22. The molecule has 1 radical (unpaired) electrons. The van der Waals surface area contributed by atoms with Crippen molar-refractivity contribution in [2.45, 2.75) is 0 Å². The van der Waals surface area contributed by atoms with Crippen LogP contribution in [-0.4, -0.2) is 5.48 Å². The van der Waals surface area contributed by atoms with Gasteiger partial charge in [-0.15, -0.1) is 72.5 Å². The van der Waals surface area contributed by atoms with Crippen molar-refractivity contribution in [3.63, 3.8) is 0 Å². The molecule has 1 nitrogen and oxygen atoms in total. The third-order valence-corrected chi connectivity index (χ3v) is 3.10. The Bertz CT molecular complexity index is 641. The first-order valence-electron chi connectivity index (χ1n) is 6.64. The molecule has 0 saturated carbocycles. The van der Waals surface area contributed by atoms with Gasteiger partial charge >= 0.3 is 26.2 Å². The average Bonchev–Trinajstić information content (AvgIpc) is 3.18. The van der Waals surface area contributed by atoms with Crippen LogP contribution in [0.3, 0.4) is 0 Å². The van der Waals surface area contributed by atoms with Crippen molar-refractivity contribution in [3.8, 4) is 0 Å². The molecule has 0 aromatic heterocycles. The Morgan fingerprint density at radius 1 is 0.591 bits per heavy atom. The molecule has 0 aliphatic heterocycles. The van der Waals surface area contributed by atoms with Gasteiger partial charge in [0.1, 0.15) is 0 Å². The summed E-state index contributed by atoms with van der Waals surface area (Å²) in [5.74, 6) is 0. The van der Waals surface area contributed by atoms with E-state index in [2.05, 4.69) is 98.1 Å². The topological polar surface area (TPSA) is 30.0 Å². The number of hydrogen-bond acceptors (Lipinski definition) is 1. The van der Waals surface area contributed by atoms with Crippen LogP contribution in [0.4, 0.5) is 0 Å². The van der Waals surface area contributed by atoms with E-state index in [4.69, 9.17) is 0 Å². The summed E-state index contributed by atoms with van der Waals surface area (Å²) in [7, 11) is 0. The molecular weight excluding hydrogens is 347 g/mol. The molecule has 4 aromatic carbocycles. The van der Waals surface area contributed by atoms with E-state index in [0.29, 0.717) is 0 Å². The maximum atomic E-state index is 3.00. The van der Waals surface area contributed by atoms with Crippen molar-refractivity contribution in [3.05, 3.63) is 98.1 Å². The van der Waals surface area contributed by atoms with Gasteiger partial charge in [-0.05, 0) is 0 Å². The van der Waals surface area contributed by atoms with Crippen LogP contribution in [0, 0.1) is 0 Å². The van der Waals surface area contributed by atoms with E-state index in [1.807, 2.05) is 0 Å². The first-order chi connectivity index (χ1) is 9.93. The molecule has 4 aromatic rings. The maximum absolute atomic E-state index is 3.00. The van der Waals surface area contributed by atoms with Gasteiger partial charge in [-0.2, -0.15) is 35.0 Å². The zero-order valence-corrected chi connectivity index (χ0v) is 14.9. The minimum Gasteiger partial charge on any atom is -0.870 e. The molecule has 0 amide bonds. The van der Waals surface area contributed by atoms with E-state index in [0.717, 1.165) is 0 Å². The van der Waals surface area contributed by atoms with Crippen LogP contribution in [0.1, 0.15) is 0 Å². The Morgan fingerprint density at radius 2 is 0.955 bits per heavy atom. The summed E-state index contributed by atoms with van der Waals surface area (Å²) >= 11 is 0. The molecule has 0 unspecified atom stereocenters. The molecule has 0 heterocycles. The second kappa shape index (κ2) is 10.9. The fourth-order valence-corrected chi connectivity index (χ4v) is 2.14. The van der Waals surface area contributed by atoms with E-state index < -0.39 is 0 Å². The van der Waals surface area contributed by atoms with Gasteiger partial charge in [0.2, 0.25) is 0 Å². The Balaban J connectivity index is 0.000000334. The smallest absolute Gasteiger partial charge is 0.870 e. The molecule has 0 saturated heterocycles. The molecule has 2 heteroatoms. The van der Waals surface area contributed by atoms with Gasteiger partial charge < -0.3 is 5.48 Å². The van der Waals surface area contributed by atoms with E-state index in [1.165, 1.54) is 21.5 Å². The monoisotopic (exact) mass is 365 g/mol. The summed E-state index contributed by atoms with van der Waals surface area (Å²) in [5.41, 5.74) is 0. The molecule has 0 spiro atoms. The Morgan fingerprint density at radius 3 is 1.32 bits per heavy atom. The van der Waals surface area contributed by atoms with E-state index in [-0.39, 0.29) is 31.7 Å².